The van der Waals surface area contributed by atoms with E-state index in [2.05, 4.69) is 64.1 Å². The highest BCUT2D eigenvalue weighted by molar-refractivity contribution is 6.13. The van der Waals surface area contributed by atoms with Gasteiger partial charge >= 0.3 is 0 Å². The summed E-state index contributed by atoms with van der Waals surface area (Å²) in [6.07, 6.45) is 5.73. The summed E-state index contributed by atoms with van der Waals surface area (Å²) in [7, 11) is 0. The summed E-state index contributed by atoms with van der Waals surface area (Å²) < 4.78 is 8.65. The highest BCUT2D eigenvalue weighted by Gasteiger charge is 2.19. The van der Waals surface area contributed by atoms with E-state index in [1.54, 1.807) is 0 Å². The van der Waals surface area contributed by atoms with E-state index in [4.69, 9.17) is 24.4 Å². The quantitative estimate of drug-likeness (QED) is 0.186. The Morgan fingerprint density at radius 2 is 1.18 bits per heavy atom. The van der Waals surface area contributed by atoms with Crippen molar-refractivity contribution in [2.75, 3.05) is 0 Å². The molecule has 0 bridgehead atoms. The van der Waals surface area contributed by atoms with Crippen LogP contribution in [0.4, 0.5) is 0 Å². The Balaban J connectivity index is 1.16. The van der Waals surface area contributed by atoms with Gasteiger partial charge in [0.25, 0.3) is 0 Å². The van der Waals surface area contributed by atoms with Gasteiger partial charge in [0, 0.05) is 61.9 Å². The van der Waals surface area contributed by atoms with Crippen molar-refractivity contribution >= 4 is 43.7 Å². The van der Waals surface area contributed by atoms with E-state index in [1.807, 2.05) is 104 Å². The van der Waals surface area contributed by atoms with Gasteiger partial charge < -0.3 is 8.98 Å². The van der Waals surface area contributed by atoms with Crippen molar-refractivity contribution in [3.8, 4) is 51.1 Å². The number of benzene rings is 5. The zero-order valence-electron chi connectivity index (χ0n) is 26.6. The van der Waals surface area contributed by atoms with Gasteiger partial charge in [-0.05, 0) is 48.5 Å². The average molecular weight is 643 g/mol. The van der Waals surface area contributed by atoms with Crippen LogP contribution in [0, 0.1) is 0 Å². The molecule has 7 nitrogen and oxygen atoms in total. The molecular formula is C43H26N6O. The highest BCUT2D eigenvalue weighted by atomic mass is 16.3. The first kappa shape index (κ1) is 28.1. The number of hydrogen-bond donors (Lipinski definition) is 0. The summed E-state index contributed by atoms with van der Waals surface area (Å²) in [6.45, 7) is 0. The van der Waals surface area contributed by atoms with Crippen molar-refractivity contribution in [2.24, 2.45) is 0 Å². The second-order valence-electron chi connectivity index (χ2n) is 12.2. The summed E-state index contributed by atoms with van der Waals surface area (Å²) in [5.74, 6) is 1.81. The highest BCUT2D eigenvalue weighted by Crippen LogP contribution is 2.39. The van der Waals surface area contributed by atoms with Crippen molar-refractivity contribution in [2.45, 2.75) is 0 Å². The number of para-hydroxylation sites is 1. The Morgan fingerprint density at radius 3 is 1.92 bits per heavy atom. The van der Waals surface area contributed by atoms with Crippen LogP contribution >= 0.6 is 0 Å². The minimum Gasteiger partial charge on any atom is -0.456 e. The van der Waals surface area contributed by atoms with Gasteiger partial charge in [-0.2, -0.15) is 0 Å². The first-order valence-electron chi connectivity index (χ1n) is 16.4. The summed E-state index contributed by atoms with van der Waals surface area (Å²) >= 11 is 0. The molecule has 0 atom stereocenters. The van der Waals surface area contributed by atoms with Crippen LogP contribution in [0.5, 0.6) is 0 Å². The van der Waals surface area contributed by atoms with Crippen LogP contribution in [0.3, 0.4) is 0 Å². The molecule has 0 spiro atoms. The van der Waals surface area contributed by atoms with Gasteiger partial charge in [-0.1, -0.05) is 91.0 Å². The van der Waals surface area contributed by atoms with Crippen LogP contribution in [-0.2, 0) is 0 Å². The Hall–Kier alpha value is -6.99. The van der Waals surface area contributed by atoms with Gasteiger partial charge in [0.1, 0.15) is 11.2 Å². The number of fused-ring (bicyclic) bond motifs is 6. The number of aromatic nitrogens is 6. The molecule has 10 rings (SSSR count). The zero-order chi connectivity index (χ0) is 33.0. The third-order valence-corrected chi connectivity index (χ3v) is 9.20. The molecule has 234 valence electrons. The van der Waals surface area contributed by atoms with Crippen LogP contribution in [-0.4, -0.2) is 29.5 Å². The number of furan rings is 1. The standard InChI is InChI=1S/C43H26N6O/c1-4-11-27(12-5-1)41-46-42(28-13-6-2-7-14-28)48-43(47-41)31-17-10-18-39-40(31)33-23-29(19-20-38(33)50-39)35-24-32-34-25-44-22-21-36(34)49(37(32)26-45-35)30-15-8-3-9-16-30/h1-26H. The van der Waals surface area contributed by atoms with Gasteiger partial charge in [0.05, 0.1) is 22.9 Å². The lowest BCUT2D eigenvalue weighted by molar-refractivity contribution is 0.669. The molecule has 0 aliphatic rings. The average Bonchev–Trinajstić information content (AvgIpc) is 3.74. The molecule has 0 aliphatic carbocycles. The minimum absolute atomic E-state index is 0.581. The predicted octanol–water partition coefficient (Wildman–Crippen LogP) is 10.3. The number of hydrogen-bond acceptors (Lipinski definition) is 6. The summed E-state index contributed by atoms with van der Waals surface area (Å²) in [6, 6.07) is 46.9. The first-order chi connectivity index (χ1) is 24.8. The first-order valence-corrected chi connectivity index (χ1v) is 16.4. The van der Waals surface area contributed by atoms with E-state index in [0.29, 0.717) is 17.5 Å². The number of rotatable bonds is 5. The van der Waals surface area contributed by atoms with Crippen LogP contribution < -0.4 is 0 Å². The Labute approximate surface area is 286 Å². The van der Waals surface area contributed by atoms with Crippen molar-refractivity contribution in [1.29, 1.82) is 0 Å². The molecule has 10 aromatic rings. The van der Waals surface area contributed by atoms with Gasteiger partial charge in [-0.3, -0.25) is 9.97 Å². The van der Waals surface area contributed by atoms with E-state index in [1.165, 1.54) is 0 Å². The molecule has 0 aliphatic heterocycles. The summed E-state index contributed by atoms with van der Waals surface area (Å²) in [5, 5.41) is 4.07. The lowest BCUT2D eigenvalue weighted by Gasteiger charge is -2.09. The largest absolute Gasteiger partial charge is 0.456 e. The Morgan fingerprint density at radius 1 is 0.480 bits per heavy atom. The molecule has 0 unspecified atom stereocenters. The molecule has 0 radical (unpaired) electrons. The van der Waals surface area contributed by atoms with E-state index in [0.717, 1.165) is 77.4 Å². The SMILES string of the molecule is c1ccc(-c2nc(-c3ccccc3)nc(-c3cccc4oc5ccc(-c6cc7c8cnccc8n(-c8ccccc8)c7cn6)cc5c34)n2)cc1. The number of nitrogens with zero attached hydrogens (tertiary/aromatic N) is 6. The smallest absolute Gasteiger partial charge is 0.164 e. The minimum atomic E-state index is 0.581. The third kappa shape index (κ3) is 4.56. The normalized spacial score (nSPS) is 11.6. The van der Waals surface area contributed by atoms with Crippen LogP contribution in [0.25, 0.3) is 94.9 Å². The lowest BCUT2D eigenvalue weighted by atomic mass is 10.0. The second-order valence-corrected chi connectivity index (χ2v) is 12.2. The van der Waals surface area contributed by atoms with Gasteiger partial charge in [0.15, 0.2) is 17.5 Å². The van der Waals surface area contributed by atoms with Crippen molar-refractivity contribution in [3.05, 3.63) is 158 Å². The molecule has 50 heavy (non-hydrogen) atoms. The topological polar surface area (TPSA) is 82.5 Å². The van der Waals surface area contributed by atoms with E-state index >= 15 is 0 Å². The van der Waals surface area contributed by atoms with Gasteiger partial charge in [-0.15, -0.1) is 0 Å². The van der Waals surface area contributed by atoms with Crippen molar-refractivity contribution < 1.29 is 4.42 Å². The van der Waals surface area contributed by atoms with E-state index < -0.39 is 0 Å². The number of pyridine rings is 2. The molecule has 7 heteroatoms. The third-order valence-electron chi connectivity index (χ3n) is 9.20. The maximum Gasteiger partial charge on any atom is 0.164 e. The molecule has 5 aromatic carbocycles. The molecule has 0 N–H and O–H groups in total. The van der Waals surface area contributed by atoms with Crippen molar-refractivity contribution in [3.63, 3.8) is 0 Å². The lowest BCUT2D eigenvalue weighted by Crippen LogP contribution is -2.00. The Kier molecular flexibility index (Phi) is 6.35. The molecule has 5 aromatic heterocycles. The molecule has 0 amide bonds. The fourth-order valence-corrected chi connectivity index (χ4v) is 6.88. The zero-order valence-corrected chi connectivity index (χ0v) is 26.6. The molecule has 0 saturated carbocycles. The molecule has 0 fully saturated rings. The monoisotopic (exact) mass is 642 g/mol. The maximum atomic E-state index is 6.41. The van der Waals surface area contributed by atoms with Crippen LogP contribution in [0.15, 0.2) is 163 Å². The molecule has 0 saturated heterocycles. The van der Waals surface area contributed by atoms with Gasteiger partial charge in [0.2, 0.25) is 0 Å². The molecular weight excluding hydrogens is 617 g/mol. The fraction of sp³-hybridized carbons (Fsp3) is 0. The second kappa shape index (κ2) is 11.3. The summed E-state index contributed by atoms with van der Waals surface area (Å²) in [4.78, 5) is 24.4. The van der Waals surface area contributed by atoms with Crippen LogP contribution in [0.2, 0.25) is 0 Å². The Bertz CT molecular complexity index is 2810. The summed E-state index contributed by atoms with van der Waals surface area (Å²) in [5.41, 5.74) is 9.29. The maximum absolute atomic E-state index is 6.41. The van der Waals surface area contributed by atoms with E-state index in [9.17, 15) is 0 Å². The predicted molar refractivity (Wildman–Crippen MR) is 199 cm³/mol. The van der Waals surface area contributed by atoms with Crippen LogP contribution in [0.1, 0.15) is 0 Å². The van der Waals surface area contributed by atoms with E-state index in [-0.39, 0.29) is 0 Å². The fourth-order valence-electron chi connectivity index (χ4n) is 6.88. The van der Waals surface area contributed by atoms with Crippen molar-refractivity contribution in [1.82, 2.24) is 29.5 Å². The van der Waals surface area contributed by atoms with Gasteiger partial charge in [-0.25, -0.2) is 15.0 Å². The molecule has 5 heterocycles.